The molecule has 1 atom stereocenters. The second-order valence-corrected chi connectivity index (χ2v) is 8.31. The number of pyridine rings is 1. The Balaban J connectivity index is 1.39. The lowest BCUT2D eigenvalue weighted by Gasteiger charge is -2.35. The molecular weight excluding hydrogens is 388 g/mol. The minimum Gasteiger partial charge on any atom is -0.372 e. The van der Waals surface area contributed by atoms with Crippen LogP contribution in [-0.4, -0.2) is 47.3 Å². The first-order valence-electron chi connectivity index (χ1n) is 11.0. The van der Waals surface area contributed by atoms with Crippen molar-refractivity contribution < 1.29 is 0 Å². The molecule has 1 unspecified atom stereocenters. The van der Waals surface area contributed by atoms with E-state index in [0.29, 0.717) is 11.6 Å². The fourth-order valence-electron chi connectivity index (χ4n) is 4.53. The van der Waals surface area contributed by atoms with Crippen molar-refractivity contribution in [1.82, 2.24) is 19.9 Å². The summed E-state index contributed by atoms with van der Waals surface area (Å²) in [6.45, 7) is 4.73. The molecule has 2 aromatic heterocycles. The molecular formula is C24H28N6O. The predicted molar refractivity (Wildman–Crippen MR) is 124 cm³/mol. The maximum atomic E-state index is 12.7. The molecule has 0 saturated carbocycles. The van der Waals surface area contributed by atoms with Gasteiger partial charge in [0.2, 0.25) is 5.95 Å². The zero-order chi connectivity index (χ0) is 21.2. The van der Waals surface area contributed by atoms with E-state index in [-0.39, 0.29) is 11.6 Å². The molecule has 0 radical (unpaired) electrons. The lowest BCUT2D eigenvalue weighted by molar-refractivity contribution is 0.462. The Morgan fingerprint density at radius 2 is 1.71 bits per heavy atom. The molecule has 4 heterocycles. The average Bonchev–Trinajstić information content (AvgIpc) is 3.37. The minimum absolute atomic E-state index is 0.0538. The first-order chi connectivity index (χ1) is 15.2. The van der Waals surface area contributed by atoms with Crippen LogP contribution >= 0.6 is 0 Å². The third kappa shape index (κ3) is 4.05. The van der Waals surface area contributed by atoms with E-state index in [4.69, 9.17) is 4.98 Å². The van der Waals surface area contributed by atoms with Crippen LogP contribution in [-0.2, 0) is 7.05 Å². The van der Waals surface area contributed by atoms with E-state index in [1.165, 1.54) is 24.1 Å². The van der Waals surface area contributed by atoms with Gasteiger partial charge in [0.1, 0.15) is 0 Å². The second kappa shape index (κ2) is 8.51. The molecule has 2 aliphatic rings. The van der Waals surface area contributed by atoms with E-state index in [1.54, 1.807) is 30.1 Å². The summed E-state index contributed by atoms with van der Waals surface area (Å²) < 4.78 is 1.64. The fourth-order valence-corrected chi connectivity index (χ4v) is 4.53. The lowest BCUT2D eigenvalue weighted by atomic mass is 10.0. The highest BCUT2D eigenvalue weighted by atomic mass is 16.1. The summed E-state index contributed by atoms with van der Waals surface area (Å²) in [6, 6.07) is 14.5. The van der Waals surface area contributed by atoms with Crippen molar-refractivity contribution in [3.63, 3.8) is 0 Å². The summed E-state index contributed by atoms with van der Waals surface area (Å²) in [6.07, 6.45) is 6.01. The van der Waals surface area contributed by atoms with Crippen molar-refractivity contribution in [3.05, 3.63) is 70.8 Å². The maximum Gasteiger partial charge on any atom is 0.255 e. The zero-order valence-electron chi connectivity index (χ0n) is 17.9. The molecule has 2 saturated heterocycles. The standard InChI is InChI=1S/C24H28N6O/c1-28-23(31)16-21(19-8-10-25-11-9-19)27-24(28)30-15-12-26-22(17-30)18-4-6-20(7-5-18)29-13-2-3-14-29/h4-11,16,22,26H,2-3,12-15,17H2,1H3. The molecule has 2 aliphatic heterocycles. The topological polar surface area (TPSA) is 66.3 Å². The van der Waals surface area contributed by atoms with Crippen molar-refractivity contribution in [3.8, 4) is 11.3 Å². The zero-order valence-corrected chi connectivity index (χ0v) is 17.9. The van der Waals surface area contributed by atoms with Crippen LogP contribution in [0.15, 0.2) is 59.7 Å². The Labute approximate surface area is 182 Å². The Bertz CT molecular complexity index is 1090. The van der Waals surface area contributed by atoms with Gasteiger partial charge in [-0.05, 0) is 42.7 Å². The van der Waals surface area contributed by atoms with Gasteiger partial charge in [0.25, 0.3) is 5.56 Å². The lowest BCUT2D eigenvalue weighted by Crippen LogP contribution is -2.47. The summed E-state index contributed by atoms with van der Waals surface area (Å²) in [5.41, 5.74) is 4.11. The number of aromatic nitrogens is 3. The summed E-state index contributed by atoms with van der Waals surface area (Å²) in [5.74, 6) is 0.708. The normalized spacial score (nSPS) is 19.1. The van der Waals surface area contributed by atoms with E-state index >= 15 is 0 Å². The molecule has 1 aromatic carbocycles. The quantitative estimate of drug-likeness (QED) is 0.705. The van der Waals surface area contributed by atoms with Crippen molar-refractivity contribution in [2.45, 2.75) is 18.9 Å². The smallest absolute Gasteiger partial charge is 0.255 e. The van der Waals surface area contributed by atoms with Gasteiger partial charge in [-0.15, -0.1) is 0 Å². The third-order valence-corrected chi connectivity index (χ3v) is 6.31. The molecule has 0 spiro atoms. The molecule has 1 N–H and O–H groups in total. The van der Waals surface area contributed by atoms with Crippen LogP contribution in [0.2, 0.25) is 0 Å². The first-order valence-corrected chi connectivity index (χ1v) is 11.0. The van der Waals surface area contributed by atoms with Gasteiger partial charge in [0.15, 0.2) is 0 Å². The average molecular weight is 417 g/mol. The van der Waals surface area contributed by atoms with Crippen molar-refractivity contribution >= 4 is 11.6 Å². The van der Waals surface area contributed by atoms with E-state index in [1.807, 2.05) is 12.1 Å². The number of benzene rings is 1. The largest absolute Gasteiger partial charge is 0.372 e. The van der Waals surface area contributed by atoms with Gasteiger partial charge in [-0.2, -0.15) is 0 Å². The third-order valence-electron chi connectivity index (χ3n) is 6.31. The molecule has 3 aromatic rings. The van der Waals surface area contributed by atoms with Gasteiger partial charge in [0.05, 0.1) is 5.69 Å². The number of hydrogen-bond acceptors (Lipinski definition) is 6. The van der Waals surface area contributed by atoms with Crippen LogP contribution in [0.3, 0.4) is 0 Å². The number of nitrogens with one attached hydrogen (secondary N) is 1. The number of anilines is 2. The predicted octanol–water partition coefficient (Wildman–Crippen LogP) is 2.59. The highest BCUT2D eigenvalue weighted by Crippen LogP contribution is 2.26. The van der Waals surface area contributed by atoms with E-state index in [9.17, 15) is 4.79 Å². The molecule has 0 aliphatic carbocycles. The molecule has 0 bridgehead atoms. The molecule has 0 amide bonds. The number of hydrogen-bond donors (Lipinski definition) is 1. The molecule has 2 fully saturated rings. The Kier molecular flexibility index (Phi) is 5.42. The van der Waals surface area contributed by atoms with Crippen LogP contribution in [0, 0.1) is 0 Å². The first kappa shape index (κ1) is 19.8. The van der Waals surface area contributed by atoms with Crippen molar-refractivity contribution in [2.75, 3.05) is 42.5 Å². The van der Waals surface area contributed by atoms with Crippen LogP contribution < -0.4 is 20.7 Å². The van der Waals surface area contributed by atoms with E-state index < -0.39 is 0 Å². The van der Waals surface area contributed by atoms with Crippen molar-refractivity contribution in [1.29, 1.82) is 0 Å². The van der Waals surface area contributed by atoms with Crippen LogP contribution in [0.4, 0.5) is 11.6 Å². The number of piperazine rings is 1. The van der Waals surface area contributed by atoms with Gasteiger partial charge in [-0.1, -0.05) is 12.1 Å². The molecule has 7 heteroatoms. The summed E-state index contributed by atoms with van der Waals surface area (Å²) in [4.78, 5) is 26.2. The van der Waals surface area contributed by atoms with Crippen LogP contribution in [0.25, 0.3) is 11.3 Å². The van der Waals surface area contributed by atoms with Gasteiger partial charge >= 0.3 is 0 Å². The van der Waals surface area contributed by atoms with E-state index in [0.717, 1.165) is 38.3 Å². The molecule has 5 rings (SSSR count). The maximum absolute atomic E-state index is 12.7. The minimum atomic E-state index is -0.0538. The van der Waals surface area contributed by atoms with Crippen LogP contribution in [0.1, 0.15) is 24.4 Å². The fraction of sp³-hybridized carbons (Fsp3) is 0.375. The van der Waals surface area contributed by atoms with E-state index in [2.05, 4.69) is 44.4 Å². The second-order valence-electron chi connectivity index (χ2n) is 8.31. The monoisotopic (exact) mass is 416 g/mol. The highest BCUT2D eigenvalue weighted by Gasteiger charge is 2.24. The SMILES string of the molecule is Cn1c(N2CCNC(c3ccc(N4CCCC4)cc3)C2)nc(-c2ccncc2)cc1=O. The number of rotatable bonds is 4. The van der Waals surface area contributed by atoms with Gasteiger partial charge in [0, 0.05) is 75.5 Å². The summed E-state index contributed by atoms with van der Waals surface area (Å²) in [7, 11) is 1.79. The molecule has 31 heavy (non-hydrogen) atoms. The van der Waals surface area contributed by atoms with Gasteiger partial charge in [-0.25, -0.2) is 4.98 Å². The highest BCUT2D eigenvalue weighted by molar-refractivity contribution is 5.59. The molecule has 7 nitrogen and oxygen atoms in total. The van der Waals surface area contributed by atoms with Crippen LogP contribution in [0.5, 0.6) is 0 Å². The summed E-state index contributed by atoms with van der Waals surface area (Å²) >= 11 is 0. The Hall–Kier alpha value is -3.19. The van der Waals surface area contributed by atoms with Gasteiger partial charge < -0.3 is 15.1 Å². The Morgan fingerprint density at radius 3 is 2.45 bits per heavy atom. The summed E-state index contributed by atoms with van der Waals surface area (Å²) in [5, 5.41) is 3.63. The molecule has 160 valence electrons. The van der Waals surface area contributed by atoms with Gasteiger partial charge in [-0.3, -0.25) is 14.3 Å². The number of nitrogens with zero attached hydrogens (tertiary/aromatic N) is 5. The van der Waals surface area contributed by atoms with Crippen molar-refractivity contribution in [2.24, 2.45) is 7.05 Å². The Morgan fingerprint density at radius 1 is 0.968 bits per heavy atom.